The minimum absolute atomic E-state index is 0.0869. The molecule has 100 valence electrons. The first-order valence-electron chi connectivity index (χ1n) is 5.95. The van der Waals surface area contributed by atoms with E-state index in [0.717, 1.165) is 6.42 Å². The predicted octanol–water partition coefficient (Wildman–Crippen LogP) is 0.0540. The van der Waals surface area contributed by atoms with Crippen molar-refractivity contribution in [2.75, 3.05) is 26.2 Å². The second-order valence-corrected chi connectivity index (χ2v) is 4.97. The average Bonchev–Trinajstić information content (AvgIpc) is 2.76. The van der Waals surface area contributed by atoms with Crippen LogP contribution < -0.4 is 5.32 Å². The van der Waals surface area contributed by atoms with Crippen molar-refractivity contribution in [3.63, 3.8) is 0 Å². The molecular formula is C13H14N2O3S. The van der Waals surface area contributed by atoms with Crippen molar-refractivity contribution < 1.29 is 14.7 Å². The van der Waals surface area contributed by atoms with Crippen molar-refractivity contribution in [1.29, 1.82) is 0 Å². The number of nitrogens with zero attached hydrogens (tertiary/aromatic N) is 1. The van der Waals surface area contributed by atoms with Gasteiger partial charge in [0.25, 0.3) is 5.91 Å². The molecule has 0 spiro atoms. The molecule has 0 aromatic carbocycles. The monoisotopic (exact) mass is 278 g/mol. The summed E-state index contributed by atoms with van der Waals surface area (Å²) >= 11 is 1.30. The summed E-state index contributed by atoms with van der Waals surface area (Å²) in [6.45, 7) is 1.01. The van der Waals surface area contributed by atoms with Gasteiger partial charge >= 0.3 is 0 Å². The molecule has 1 aliphatic heterocycles. The number of carbonyl (C=O) groups is 2. The summed E-state index contributed by atoms with van der Waals surface area (Å²) in [4.78, 5) is 25.9. The van der Waals surface area contributed by atoms with Crippen LogP contribution in [0, 0.1) is 11.8 Å². The molecule has 2 amide bonds. The fourth-order valence-corrected chi connectivity index (χ4v) is 2.65. The van der Waals surface area contributed by atoms with Gasteiger partial charge in [-0.05, 0) is 17.9 Å². The van der Waals surface area contributed by atoms with E-state index in [9.17, 15) is 9.59 Å². The molecule has 1 saturated heterocycles. The van der Waals surface area contributed by atoms with Crippen molar-refractivity contribution in [2.45, 2.75) is 6.42 Å². The van der Waals surface area contributed by atoms with Gasteiger partial charge in [-0.15, -0.1) is 11.3 Å². The minimum atomic E-state index is -0.240. The van der Waals surface area contributed by atoms with Gasteiger partial charge < -0.3 is 15.3 Å². The molecular weight excluding hydrogens is 264 g/mol. The fraction of sp³-hybridized carbons (Fsp3) is 0.385. The summed E-state index contributed by atoms with van der Waals surface area (Å²) in [5.74, 6) is 4.98. The third-order valence-electron chi connectivity index (χ3n) is 2.71. The lowest BCUT2D eigenvalue weighted by molar-refractivity contribution is -0.121. The van der Waals surface area contributed by atoms with E-state index in [2.05, 4.69) is 17.2 Å². The third-order valence-corrected chi connectivity index (χ3v) is 3.61. The van der Waals surface area contributed by atoms with Crippen molar-refractivity contribution >= 4 is 23.2 Å². The normalized spacial score (nSPS) is 15.2. The molecule has 1 aromatic rings. The molecule has 2 heterocycles. The molecule has 2 N–H and O–H groups in total. The maximum atomic E-state index is 12.4. The summed E-state index contributed by atoms with van der Waals surface area (Å²) < 4.78 is 0. The van der Waals surface area contributed by atoms with E-state index in [1.807, 2.05) is 0 Å². The molecule has 2 rings (SSSR count). The minimum Gasteiger partial charge on any atom is -0.384 e. The zero-order valence-electron chi connectivity index (χ0n) is 10.3. The molecule has 6 heteroatoms. The van der Waals surface area contributed by atoms with Crippen LogP contribution >= 0.6 is 11.3 Å². The topological polar surface area (TPSA) is 69.6 Å². The third kappa shape index (κ3) is 3.34. The van der Waals surface area contributed by atoms with Gasteiger partial charge in [-0.3, -0.25) is 9.59 Å². The van der Waals surface area contributed by atoms with Crippen LogP contribution in [0.4, 0.5) is 0 Å². The van der Waals surface area contributed by atoms with Gasteiger partial charge in [0.1, 0.15) is 11.5 Å². The average molecular weight is 278 g/mol. The Balaban J connectivity index is 2.19. The van der Waals surface area contributed by atoms with Gasteiger partial charge in [0.2, 0.25) is 5.91 Å². The highest BCUT2D eigenvalue weighted by Gasteiger charge is 2.23. The second-order valence-electron chi connectivity index (χ2n) is 4.05. The summed E-state index contributed by atoms with van der Waals surface area (Å²) in [6, 6.07) is 1.75. The van der Waals surface area contributed by atoms with Gasteiger partial charge in [0, 0.05) is 18.7 Å². The number of hydrogen-bond acceptors (Lipinski definition) is 4. The molecule has 0 radical (unpaired) electrons. The Hall–Kier alpha value is -1.84. The standard InChI is InChI=1S/C13H14N2O3S/c16-7-1-3-10-4-8-19-12(10)13(18)15-6-2-5-14-11(17)9-15/h4,8,16H,2,5-7,9H2,(H,14,17). The Morgan fingerprint density at radius 2 is 2.42 bits per heavy atom. The smallest absolute Gasteiger partial charge is 0.265 e. The molecule has 0 atom stereocenters. The van der Waals surface area contributed by atoms with E-state index in [-0.39, 0.29) is 25.0 Å². The quantitative estimate of drug-likeness (QED) is 0.713. The molecule has 1 aliphatic rings. The van der Waals surface area contributed by atoms with Crippen LogP contribution in [0.15, 0.2) is 11.4 Å². The van der Waals surface area contributed by atoms with Crippen LogP contribution in [0.2, 0.25) is 0 Å². The highest BCUT2D eigenvalue weighted by molar-refractivity contribution is 7.12. The zero-order valence-corrected chi connectivity index (χ0v) is 11.1. The number of aliphatic hydroxyl groups excluding tert-OH is 1. The number of nitrogens with one attached hydrogen (secondary N) is 1. The highest BCUT2D eigenvalue weighted by atomic mass is 32.1. The van der Waals surface area contributed by atoms with Crippen molar-refractivity contribution in [1.82, 2.24) is 10.2 Å². The van der Waals surface area contributed by atoms with E-state index in [1.54, 1.807) is 11.4 Å². The van der Waals surface area contributed by atoms with Gasteiger partial charge in [-0.25, -0.2) is 0 Å². The summed E-state index contributed by atoms with van der Waals surface area (Å²) in [5.41, 5.74) is 0.605. The van der Waals surface area contributed by atoms with Crippen LogP contribution in [0.3, 0.4) is 0 Å². The molecule has 1 fully saturated rings. The first kappa shape index (κ1) is 13.6. The van der Waals surface area contributed by atoms with Gasteiger partial charge in [-0.1, -0.05) is 11.8 Å². The van der Waals surface area contributed by atoms with Crippen molar-refractivity contribution in [2.24, 2.45) is 0 Å². The number of amides is 2. The summed E-state index contributed by atoms with van der Waals surface area (Å²) in [5, 5.41) is 13.2. The van der Waals surface area contributed by atoms with Crippen LogP contribution in [0.1, 0.15) is 21.7 Å². The molecule has 5 nitrogen and oxygen atoms in total. The van der Waals surface area contributed by atoms with Crippen LogP contribution in [0.5, 0.6) is 0 Å². The summed E-state index contributed by atoms with van der Waals surface area (Å²) in [7, 11) is 0. The lowest BCUT2D eigenvalue weighted by atomic mass is 10.2. The van der Waals surface area contributed by atoms with Gasteiger partial charge in [0.15, 0.2) is 0 Å². The Bertz CT molecular complexity index is 542. The van der Waals surface area contributed by atoms with E-state index in [4.69, 9.17) is 5.11 Å². The Labute approximate surface area is 115 Å². The van der Waals surface area contributed by atoms with E-state index in [0.29, 0.717) is 23.5 Å². The number of aliphatic hydroxyl groups is 1. The van der Waals surface area contributed by atoms with Crippen molar-refractivity contribution in [3.05, 3.63) is 21.9 Å². The zero-order chi connectivity index (χ0) is 13.7. The van der Waals surface area contributed by atoms with Gasteiger partial charge in [0.05, 0.1) is 6.54 Å². The lowest BCUT2D eigenvalue weighted by Crippen LogP contribution is -2.37. The van der Waals surface area contributed by atoms with E-state index in [1.165, 1.54) is 16.2 Å². The van der Waals surface area contributed by atoms with Crippen molar-refractivity contribution in [3.8, 4) is 11.8 Å². The fourth-order valence-electron chi connectivity index (χ4n) is 1.83. The largest absolute Gasteiger partial charge is 0.384 e. The Kier molecular flexibility index (Phi) is 4.55. The highest BCUT2D eigenvalue weighted by Crippen LogP contribution is 2.18. The number of carbonyl (C=O) groups excluding carboxylic acids is 2. The maximum absolute atomic E-state index is 12.4. The lowest BCUT2D eigenvalue weighted by Gasteiger charge is -2.18. The molecule has 0 bridgehead atoms. The van der Waals surface area contributed by atoms with Crippen LogP contribution in [-0.4, -0.2) is 48.1 Å². The number of rotatable bonds is 1. The number of hydrogen-bond donors (Lipinski definition) is 2. The number of thiophene rings is 1. The van der Waals surface area contributed by atoms with E-state index < -0.39 is 0 Å². The first-order valence-corrected chi connectivity index (χ1v) is 6.83. The maximum Gasteiger partial charge on any atom is 0.265 e. The first-order chi connectivity index (χ1) is 9.22. The Morgan fingerprint density at radius 3 is 3.21 bits per heavy atom. The molecule has 0 saturated carbocycles. The second kappa shape index (κ2) is 6.36. The van der Waals surface area contributed by atoms with Gasteiger partial charge in [-0.2, -0.15) is 0 Å². The summed E-state index contributed by atoms with van der Waals surface area (Å²) in [6.07, 6.45) is 0.751. The molecule has 0 unspecified atom stereocenters. The van der Waals surface area contributed by atoms with Crippen LogP contribution in [-0.2, 0) is 4.79 Å². The predicted molar refractivity (Wildman–Crippen MR) is 71.8 cm³/mol. The van der Waals surface area contributed by atoms with Crippen LogP contribution in [0.25, 0.3) is 0 Å². The molecule has 19 heavy (non-hydrogen) atoms. The SMILES string of the molecule is O=C1CN(C(=O)c2sccc2C#CCO)CCCN1. The Morgan fingerprint density at radius 1 is 1.58 bits per heavy atom. The van der Waals surface area contributed by atoms with E-state index >= 15 is 0 Å². The molecule has 0 aliphatic carbocycles. The molecule has 1 aromatic heterocycles.